The van der Waals surface area contributed by atoms with Crippen molar-refractivity contribution in [1.82, 2.24) is 4.98 Å². The van der Waals surface area contributed by atoms with E-state index in [0.717, 1.165) is 29.7 Å². The van der Waals surface area contributed by atoms with E-state index in [0.29, 0.717) is 27.6 Å². The van der Waals surface area contributed by atoms with Crippen molar-refractivity contribution in [2.24, 2.45) is 11.3 Å². The lowest BCUT2D eigenvalue weighted by molar-refractivity contribution is -0.124. The van der Waals surface area contributed by atoms with Gasteiger partial charge in [-0.3, -0.25) is 4.79 Å². The molecule has 8 nitrogen and oxygen atoms in total. The van der Waals surface area contributed by atoms with Gasteiger partial charge in [0, 0.05) is 4.88 Å². The molecule has 0 bridgehead atoms. The number of oxazole rings is 1. The van der Waals surface area contributed by atoms with E-state index in [-0.39, 0.29) is 17.4 Å². The van der Waals surface area contributed by atoms with Crippen LogP contribution in [-0.4, -0.2) is 36.0 Å². The van der Waals surface area contributed by atoms with Crippen molar-refractivity contribution in [3.63, 3.8) is 0 Å². The van der Waals surface area contributed by atoms with Crippen LogP contribution in [0.2, 0.25) is 0 Å². The SMILES string of the molecule is CCC(OC(=O)c1ccc2ocnc2c1)C(=O)Nc1sc2c(c1C(=O)OC)CCC(C(C)(C)C)C2. The van der Waals surface area contributed by atoms with Gasteiger partial charge in [0.2, 0.25) is 0 Å². The molecule has 0 spiro atoms. The number of amides is 1. The van der Waals surface area contributed by atoms with Crippen LogP contribution in [0.3, 0.4) is 0 Å². The number of benzene rings is 1. The number of carbonyl (C=O) groups is 3. The van der Waals surface area contributed by atoms with Crippen molar-refractivity contribution >= 4 is 45.3 Å². The number of anilines is 1. The van der Waals surface area contributed by atoms with Gasteiger partial charge in [0.25, 0.3) is 5.91 Å². The third kappa shape index (κ3) is 5.10. The second-order valence-corrected chi connectivity index (χ2v) is 10.9. The summed E-state index contributed by atoms with van der Waals surface area (Å²) in [5.41, 5.74) is 2.85. The number of methoxy groups -OCH3 is 1. The van der Waals surface area contributed by atoms with Gasteiger partial charge in [-0.25, -0.2) is 14.6 Å². The molecule has 2 unspecified atom stereocenters. The van der Waals surface area contributed by atoms with Crippen LogP contribution in [0.1, 0.15) is 71.7 Å². The fraction of sp³-hybridized carbons (Fsp3) is 0.462. The molecule has 1 aliphatic rings. The molecular weight excluding hydrogens is 468 g/mol. The summed E-state index contributed by atoms with van der Waals surface area (Å²) in [4.78, 5) is 43.6. The maximum absolute atomic E-state index is 13.1. The van der Waals surface area contributed by atoms with E-state index in [2.05, 4.69) is 31.1 Å². The third-order valence-electron chi connectivity index (χ3n) is 6.59. The van der Waals surface area contributed by atoms with E-state index >= 15 is 0 Å². The molecule has 0 fully saturated rings. The standard InChI is InChI=1S/C26H30N2O6S/c1-6-18(34-24(30)14-7-10-19-17(11-14)27-13-33-19)22(29)28-23-21(25(31)32-5)16-9-8-15(26(2,3)4)12-20(16)35-23/h7,10-11,13,15,18H,6,8-9,12H2,1-5H3,(H,28,29). The Labute approximate surface area is 208 Å². The molecule has 35 heavy (non-hydrogen) atoms. The van der Waals surface area contributed by atoms with Crippen LogP contribution in [0.4, 0.5) is 5.00 Å². The van der Waals surface area contributed by atoms with Crippen LogP contribution in [-0.2, 0) is 27.1 Å². The zero-order valence-corrected chi connectivity index (χ0v) is 21.4. The molecule has 2 heterocycles. The highest BCUT2D eigenvalue weighted by Gasteiger charge is 2.35. The summed E-state index contributed by atoms with van der Waals surface area (Å²) in [5, 5.41) is 3.29. The van der Waals surface area contributed by atoms with Gasteiger partial charge in [0.15, 0.2) is 18.1 Å². The lowest BCUT2D eigenvalue weighted by Crippen LogP contribution is -2.32. The van der Waals surface area contributed by atoms with Crippen LogP contribution in [0.15, 0.2) is 29.0 Å². The lowest BCUT2D eigenvalue weighted by Gasteiger charge is -2.33. The molecule has 1 N–H and O–H groups in total. The van der Waals surface area contributed by atoms with Gasteiger partial charge in [-0.2, -0.15) is 0 Å². The minimum Gasteiger partial charge on any atom is -0.465 e. The van der Waals surface area contributed by atoms with Gasteiger partial charge in [0.05, 0.1) is 18.2 Å². The number of nitrogens with zero attached hydrogens (tertiary/aromatic N) is 1. The molecule has 1 aromatic carbocycles. The van der Waals surface area contributed by atoms with Gasteiger partial charge in [-0.15, -0.1) is 11.3 Å². The van der Waals surface area contributed by atoms with Crippen molar-refractivity contribution in [2.75, 3.05) is 12.4 Å². The fourth-order valence-corrected chi connectivity index (χ4v) is 5.75. The van der Waals surface area contributed by atoms with Gasteiger partial charge in [0.1, 0.15) is 10.5 Å². The highest BCUT2D eigenvalue weighted by Crippen LogP contribution is 2.44. The highest BCUT2D eigenvalue weighted by molar-refractivity contribution is 7.17. The van der Waals surface area contributed by atoms with Crippen molar-refractivity contribution in [3.05, 3.63) is 46.2 Å². The van der Waals surface area contributed by atoms with Crippen LogP contribution in [0, 0.1) is 11.3 Å². The second kappa shape index (κ2) is 9.81. The summed E-state index contributed by atoms with van der Waals surface area (Å²) in [6, 6.07) is 4.75. The first-order valence-corrected chi connectivity index (χ1v) is 12.5. The van der Waals surface area contributed by atoms with Crippen LogP contribution < -0.4 is 5.32 Å². The van der Waals surface area contributed by atoms with Crippen LogP contribution >= 0.6 is 11.3 Å². The van der Waals surface area contributed by atoms with Gasteiger partial charge in [-0.1, -0.05) is 27.7 Å². The smallest absolute Gasteiger partial charge is 0.341 e. The minimum absolute atomic E-state index is 0.146. The average molecular weight is 499 g/mol. The van der Waals surface area contributed by atoms with E-state index < -0.39 is 23.9 Å². The number of hydrogen-bond acceptors (Lipinski definition) is 8. The summed E-state index contributed by atoms with van der Waals surface area (Å²) in [6.45, 7) is 8.43. The summed E-state index contributed by atoms with van der Waals surface area (Å²) in [6.07, 6.45) is 3.11. The molecule has 3 aromatic rings. The molecule has 0 saturated carbocycles. The monoisotopic (exact) mass is 498 g/mol. The molecule has 0 radical (unpaired) electrons. The lowest BCUT2D eigenvalue weighted by atomic mass is 9.72. The fourth-order valence-electron chi connectivity index (χ4n) is 4.43. The number of thiophene rings is 1. The number of hydrogen-bond donors (Lipinski definition) is 1. The number of ether oxygens (including phenoxy) is 2. The first-order valence-electron chi connectivity index (χ1n) is 11.7. The average Bonchev–Trinajstić information content (AvgIpc) is 3.44. The largest absolute Gasteiger partial charge is 0.465 e. The number of fused-ring (bicyclic) bond motifs is 2. The zero-order chi connectivity index (χ0) is 25.3. The third-order valence-corrected chi connectivity index (χ3v) is 7.76. The number of esters is 2. The highest BCUT2D eigenvalue weighted by atomic mass is 32.1. The van der Waals surface area contributed by atoms with E-state index in [4.69, 9.17) is 13.9 Å². The molecule has 1 amide bonds. The molecule has 2 aromatic heterocycles. The zero-order valence-electron chi connectivity index (χ0n) is 20.6. The first kappa shape index (κ1) is 24.9. The molecule has 0 aliphatic heterocycles. The van der Waals surface area contributed by atoms with Crippen molar-refractivity contribution in [2.45, 2.75) is 59.5 Å². The van der Waals surface area contributed by atoms with Crippen LogP contribution in [0.25, 0.3) is 11.1 Å². The Kier molecular flexibility index (Phi) is 6.98. The normalized spacial score (nSPS) is 16.4. The number of rotatable bonds is 6. The molecule has 9 heteroatoms. The van der Waals surface area contributed by atoms with Gasteiger partial charge in [-0.05, 0) is 60.8 Å². The van der Waals surface area contributed by atoms with Crippen LogP contribution in [0.5, 0.6) is 0 Å². The molecule has 1 aliphatic carbocycles. The summed E-state index contributed by atoms with van der Waals surface area (Å²) in [5.74, 6) is -1.12. The number of nitrogens with one attached hydrogen (secondary N) is 1. The Hall–Kier alpha value is -3.20. The number of aromatic nitrogens is 1. The molecule has 2 atom stereocenters. The molecule has 0 saturated heterocycles. The van der Waals surface area contributed by atoms with E-state index in [1.165, 1.54) is 24.8 Å². The molecule has 4 rings (SSSR count). The number of carbonyl (C=O) groups excluding carboxylic acids is 3. The van der Waals surface area contributed by atoms with Crippen molar-refractivity contribution in [1.29, 1.82) is 0 Å². The minimum atomic E-state index is -1.03. The predicted octanol–water partition coefficient (Wildman–Crippen LogP) is 5.40. The van der Waals surface area contributed by atoms with Gasteiger partial charge < -0.3 is 19.2 Å². The quantitative estimate of drug-likeness (QED) is 0.453. The Bertz CT molecular complexity index is 1270. The maximum atomic E-state index is 13.1. The van der Waals surface area contributed by atoms with E-state index in [1.54, 1.807) is 25.1 Å². The topological polar surface area (TPSA) is 108 Å². The predicted molar refractivity (Wildman–Crippen MR) is 133 cm³/mol. The first-order chi connectivity index (χ1) is 16.6. The second-order valence-electron chi connectivity index (χ2n) is 9.83. The van der Waals surface area contributed by atoms with Gasteiger partial charge >= 0.3 is 11.9 Å². The Balaban J connectivity index is 1.54. The Morgan fingerprint density at radius 2 is 2.03 bits per heavy atom. The van der Waals surface area contributed by atoms with Crippen molar-refractivity contribution < 1.29 is 28.3 Å². The maximum Gasteiger partial charge on any atom is 0.341 e. The Morgan fingerprint density at radius 1 is 1.26 bits per heavy atom. The summed E-state index contributed by atoms with van der Waals surface area (Å²) < 4.78 is 15.7. The summed E-state index contributed by atoms with van der Waals surface area (Å²) in [7, 11) is 1.33. The van der Waals surface area contributed by atoms with E-state index in [9.17, 15) is 14.4 Å². The molecule has 186 valence electrons. The van der Waals surface area contributed by atoms with Crippen molar-refractivity contribution in [3.8, 4) is 0 Å². The Morgan fingerprint density at radius 3 is 2.71 bits per heavy atom. The molecular formula is C26H30N2O6S. The van der Waals surface area contributed by atoms with E-state index in [1.807, 2.05) is 0 Å². The summed E-state index contributed by atoms with van der Waals surface area (Å²) >= 11 is 1.41.